The van der Waals surface area contributed by atoms with Crippen LogP contribution in [0.5, 0.6) is 5.75 Å². The molecule has 1 unspecified atom stereocenters. The van der Waals surface area contributed by atoms with Gasteiger partial charge in [-0.05, 0) is 38.1 Å². The van der Waals surface area contributed by atoms with Crippen molar-refractivity contribution in [3.63, 3.8) is 0 Å². The summed E-state index contributed by atoms with van der Waals surface area (Å²) in [6.45, 7) is 2.83. The third-order valence-corrected chi connectivity index (χ3v) is 2.48. The Balaban J connectivity index is 2.64. The van der Waals surface area contributed by atoms with Crippen molar-refractivity contribution in [3.8, 4) is 5.75 Å². The van der Waals surface area contributed by atoms with E-state index in [0.29, 0.717) is 18.0 Å². The van der Waals surface area contributed by atoms with Gasteiger partial charge in [0.1, 0.15) is 5.75 Å². The maximum absolute atomic E-state index is 9.61. The van der Waals surface area contributed by atoms with Gasteiger partial charge in [-0.15, -0.1) is 0 Å². The van der Waals surface area contributed by atoms with Crippen LogP contribution in [0.4, 0.5) is 0 Å². The lowest BCUT2D eigenvalue weighted by Crippen LogP contribution is -2.20. The Morgan fingerprint density at radius 1 is 1.47 bits per heavy atom. The largest absolute Gasteiger partial charge is 0.508 e. The van der Waals surface area contributed by atoms with Crippen LogP contribution in [0.25, 0.3) is 0 Å². The lowest BCUT2D eigenvalue weighted by atomic mass is 10.1. The van der Waals surface area contributed by atoms with Gasteiger partial charge in [0.05, 0.1) is 0 Å². The molecule has 3 nitrogen and oxygen atoms in total. The molecule has 0 radical (unpaired) electrons. The van der Waals surface area contributed by atoms with Gasteiger partial charge in [0.2, 0.25) is 0 Å². The first-order valence-electron chi connectivity index (χ1n) is 4.98. The Kier molecular flexibility index (Phi) is 4.88. The van der Waals surface area contributed by atoms with E-state index in [-0.39, 0.29) is 18.4 Å². The highest BCUT2D eigenvalue weighted by Gasteiger charge is 2.09. The molecule has 0 aromatic heterocycles. The van der Waals surface area contributed by atoms with Crippen LogP contribution in [0.3, 0.4) is 0 Å². The Labute approximate surface area is 94.7 Å². The van der Waals surface area contributed by atoms with E-state index < -0.39 is 0 Å². The van der Waals surface area contributed by atoms with E-state index >= 15 is 0 Å². The van der Waals surface area contributed by atoms with E-state index in [0.717, 1.165) is 5.56 Å². The number of aliphatic hydroxyl groups is 1. The van der Waals surface area contributed by atoms with Crippen molar-refractivity contribution in [2.75, 3.05) is 13.2 Å². The second-order valence-corrected chi connectivity index (χ2v) is 3.89. The molecule has 0 aliphatic carbocycles. The molecule has 0 spiro atoms. The van der Waals surface area contributed by atoms with Crippen molar-refractivity contribution in [1.29, 1.82) is 0 Å². The normalized spacial score (nSPS) is 12.7. The molecule has 1 atom stereocenters. The third kappa shape index (κ3) is 3.70. The highest BCUT2D eigenvalue weighted by Crippen LogP contribution is 2.26. The van der Waals surface area contributed by atoms with E-state index in [1.807, 2.05) is 6.92 Å². The lowest BCUT2D eigenvalue weighted by Gasteiger charge is -2.15. The Morgan fingerprint density at radius 2 is 2.20 bits per heavy atom. The topological polar surface area (TPSA) is 52.5 Å². The van der Waals surface area contributed by atoms with Crippen molar-refractivity contribution in [2.24, 2.45) is 0 Å². The Bertz CT molecular complexity index is 317. The highest BCUT2D eigenvalue weighted by atomic mass is 35.5. The van der Waals surface area contributed by atoms with Crippen molar-refractivity contribution in [3.05, 3.63) is 28.8 Å². The minimum Gasteiger partial charge on any atom is -0.508 e. The maximum Gasteiger partial charge on any atom is 0.120 e. The molecule has 0 bridgehead atoms. The molecular formula is C11H16ClNO2. The number of halogens is 1. The first kappa shape index (κ1) is 12.3. The van der Waals surface area contributed by atoms with Gasteiger partial charge >= 0.3 is 0 Å². The molecule has 0 fully saturated rings. The van der Waals surface area contributed by atoms with Gasteiger partial charge in [0.15, 0.2) is 0 Å². The van der Waals surface area contributed by atoms with Gasteiger partial charge in [-0.25, -0.2) is 0 Å². The van der Waals surface area contributed by atoms with Crippen LogP contribution in [0.15, 0.2) is 18.2 Å². The van der Waals surface area contributed by atoms with E-state index in [1.165, 1.54) is 0 Å². The van der Waals surface area contributed by atoms with Gasteiger partial charge in [-0.2, -0.15) is 0 Å². The molecule has 0 heterocycles. The summed E-state index contributed by atoms with van der Waals surface area (Å²) < 4.78 is 0. The zero-order valence-corrected chi connectivity index (χ0v) is 9.46. The van der Waals surface area contributed by atoms with Crippen LogP contribution in [-0.2, 0) is 0 Å². The smallest absolute Gasteiger partial charge is 0.120 e. The van der Waals surface area contributed by atoms with Crippen LogP contribution in [0, 0.1) is 0 Å². The molecule has 84 valence electrons. The van der Waals surface area contributed by atoms with Crippen LogP contribution < -0.4 is 5.32 Å². The summed E-state index contributed by atoms with van der Waals surface area (Å²) >= 11 is 5.84. The quantitative estimate of drug-likeness (QED) is 0.678. The monoisotopic (exact) mass is 229 g/mol. The predicted molar refractivity (Wildman–Crippen MR) is 61.2 cm³/mol. The number of hydrogen-bond donors (Lipinski definition) is 3. The van der Waals surface area contributed by atoms with Crippen molar-refractivity contribution < 1.29 is 10.2 Å². The zero-order chi connectivity index (χ0) is 11.3. The number of rotatable bonds is 5. The summed E-state index contributed by atoms with van der Waals surface area (Å²) in [5.41, 5.74) is 0.778. The molecule has 1 aromatic carbocycles. The number of phenolic OH excluding ortho intramolecular Hbond substituents is 1. The number of benzene rings is 1. The third-order valence-electron chi connectivity index (χ3n) is 2.24. The molecule has 15 heavy (non-hydrogen) atoms. The van der Waals surface area contributed by atoms with Gasteiger partial charge in [0.25, 0.3) is 0 Å². The number of aliphatic hydroxyl groups excluding tert-OH is 1. The second kappa shape index (κ2) is 5.95. The zero-order valence-electron chi connectivity index (χ0n) is 8.70. The fraction of sp³-hybridized carbons (Fsp3) is 0.455. The minimum atomic E-state index is 0.0234. The van der Waals surface area contributed by atoms with Gasteiger partial charge in [-0.3, -0.25) is 0 Å². The van der Waals surface area contributed by atoms with Crippen molar-refractivity contribution in [1.82, 2.24) is 5.32 Å². The molecule has 0 saturated carbocycles. The number of phenols is 1. The predicted octanol–water partition coefficient (Wildman–Crippen LogP) is 2.08. The van der Waals surface area contributed by atoms with Gasteiger partial charge in [-0.1, -0.05) is 11.6 Å². The molecule has 1 rings (SSSR count). The second-order valence-electron chi connectivity index (χ2n) is 3.46. The number of hydrogen-bond acceptors (Lipinski definition) is 3. The summed E-state index contributed by atoms with van der Waals surface area (Å²) in [7, 11) is 0. The summed E-state index contributed by atoms with van der Waals surface area (Å²) in [6.07, 6.45) is 0.700. The molecule has 0 saturated heterocycles. The molecule has 1 aromatic rings. The van der Waals surface area contributed by atoms with Gasteiger partial charge < -0.3 is 15.5 Å². The Hall–Kier alpha value is -0.770. The molecular weight excluding hydrogens is 214 g/mol. The summed E-state index contributed by atoms with van der Waals surface area (Å²) in [5, 5.41) is 22.1. The van der Waals surface area contributed by atoms with E-state index in [2.05, 4.69) is 5.32 Å². The number of nitrogens with one attached hydrogen (secondary N) is 1. The lowest BCUT2D eigenvalue weighted by molar-refractivity contribution is 0.283. The maximum atomic E-state index is 9.61. The fourth-order valence-corrected chi connectivity index (χ4v) is 1.56. The molecule has 0 amide bonds. The average Bonchev–Trinajstić information content (AvgIpc) is 2.22. The summed E-state index contributed by atoms with van der Waals surface area (Å²) in [5.74, 6) is 0.239. The van der Waals surface area contributed by atoms with E-state index in [4.69, 9.17) is 16.7 Å². The molecule has 4 heteroatoms. The highest BCUT2D eigenvalue weighted by molar-refractivity contribution is 6.30. The SMILES string of the molecule is CC(NCCCO)c1cc(Cl)ccc1O. The number of aromatic hydroxyl groups is 1. The molecule has 0 aliphatic heterocycles. The fourth-order valence-electron chi connectivity index (χ4n) is 1.38. The van der Waals surface area contributed by atoms with Gasteiger partial charge in [0, 0.05) is 23.2 Å². The Morgan fingerprint density at radius 3 is 2.87 bits per heavy atom. The average molecular weight is 230 g/mol. The van der Waals surface area contributed by atoms with Crippen LogP contribution in [0.2, 0.25) is 5.02 Å². The minimum absolute atomic E-state index is 0.0234. The van der Waals surface area contributed by atoms with Crippen molar-refractivity contribution >= 4 is 11.6 Å². The van der Waals surface area contributed by atoms with Crippen LogP contribution in [-0.4, -0.2) is 23.4 Å². The molecule has 3 N–H and O–H groups in total. The van der Waals surface area contributed by atoms with E-state index in [1.54, 1.807) is 18.2 Å². The summed E-state index contributed by atoms with van der Waals surface area (Å²) in [6, 6.07) is 5.01. The van der Waals surface area contributed by atoms with Crippen LogP contribution >= 0.6 is 11.6 Å². The standard InChI is InChI=1S/C11H16ClNO2/c1-8(13-5-2-6-14)10-7-9(12)3-4-11(10)15/h3-4,7-8,13-15H,2,5-6H2,1H3. The van der Waals surface area contributed by atoms with E-state index in [9.17, 15) is 5.11 Å². The first-order chi connectivity index (χ1) is 7.15. The van der Waals surface area contributed by atoms with Crippen LogP contribution in [0.1, 0.15) is 24.9 Å². The molecule has 0 aliphatic rings. The summed E-state index contributed by atoms with van der Waals surface area (Å²) in [4.78, 5) is 0. The van der Waals surface area contributed by atoms with Crippen molar-refractivity contribution in [2.45, 2.75) is 19.4 Å². The first-order valence-corrected chi connectivity index (χ1v) is 5.35.